The Bertz CT molecular complexity index is 474. The van der Waals surface area contributed by atoms with Crippen LogP contribution in [-0.2, 0) is 11.3 Å². The lowest BCUT2D eigenvalue weighted by Crippen LogP contribution is -2.50. The minimum Gasteiger partial charge on any atom is -0.340 e. The topological polar surface area (TPSA) is 62.5 Å². The molecule has 1 aliphatic heterocycles. The molecule has 0 spiro atoms. The highest BCUT2D eigenvalue weighted by molar-refractivity contribution is 5.79. The van der Waals surface area contributed by atoms with Gasteiger partial charge in [-0.2, -0.15) is 4.98 Å². The average molecular weight is 292 g/mol. The summed E-state index contributed by atoms with van der Waals surface area (Å²) >= 11 is 0. The number of rotatable bonds is 3. The van der Waals surface area contributed by atoms with Gasteiger partial charge in [-0.3, -0.25) is 9.69 Å². The van der Waals surface area contributed by atoms with Crippen LogP contribution in [0.15, 0.2) is 4.52 Å². The van der Waals surface area contributed by atoms with Crippen molar-refractivity contribution in [3.63, 3.8) is 0 Å². The van der Waals surface area contributed by atoms with Crippen molar-refractivity contribution in [1.82, 2.24) is 19.9 Å². The number of hydrogen-bond donors (Lipinski definition) is 0. The van der Waals surface area contributed by atoms with E-state index in [0.29, 0.717) is 24.2 Å². The first-order chi connectivity index (χ1) is 10.2. The van der Waals surface area contributed by atoms with Crippen molar-refractivity contribution >= 4 is 5.91 Å². The molecule has 0 bridgehead atoms. The predicted molar refractivity (Wildman–Crippen MR) is 77.5 cm³/mol. The Morgan fingerprint density at radius 2 is 1.90 bits per heavy atom. The van der Waals surface area contributed by atoms with Crippen molar-refractivity contribution in [2.75, 3.05) is 26.2 Å². The van der Waals surface area contributed by atoms with E-state index < -0.39 is 0 Å². The van der Waals surface area contributed by atoms with Gasteiger partial charge in [0.2, 0.25) is 11.8 Å². The van der Waals surface area contributed by atoms with Gasteiger partial charge in [0.15, 0.2) is 5.82 Å². The highest BCUT2D eigenvalue weighted by Gasteiger charge is 2.28. The van der Waals surface area contributed by atoms with Crippen LogP contribution in [0.5, 0.6) is 0 Å². The third-order valence-corrected chi connectivity index (χ3v) is 4.57. The number of carbonyl (C=O) groups is 1. The van der Waals surface area contributed by atoms with E-state index in [0.717, 1.165) is 39.0 Å². The summed E-state index contributed by atoms with van der Waals surface area (Å²) in [6.45, 7) is 5.94. The fourth-order valence-corrected chi connectivity index (χ4v) is 3.33. The fourth-order valence-electron chi connectivity index (χ4n) is 3.33. The first-order valence-electron chi connectivity index (χ1n) is 8.03. The van der Waals surface area contributed by atoms with Crippen molar-refractivity contribution in [1.29, 1.82) is 0 Å². The number of carbonyl (C=O) groups excluding carboxylic acids is 1. The zero-order valence-corrected chi connectivity index (χ0v) is 12.8. The summed E-state index contributed by atoms with van der Waals surface area (Å²) in [6, 6.07) is 0. The van der Waals surface area contributed by atoms with Gasteiger partial charge in [0.1, 0.15) is 0 Å². The molecule has 0 atom stereocenters. The Balaban J connectivity index is 1.47. The summed E-state index contributed by atoms with van der Waals surface area (Å²) in [4.78, 5) is 21.0. The molecule has 6 nitrogen and oxygen atoms in total. The van der Waals surface area contributed by atoms with Gasteiger partial charge < -0.3 is 9.42 Å². The fraction of sp³-hybridized carbons (Fsp3) is 0.800. The van der Waals surface area contributed by atoms with Crippen LogP contribution in [0.25, 0.3) is 0 Å². The van der Waals surface area contributed by atoms with E-state index in [1.165, 1.54) is 19.3 Å². The van der Waals surface area contributed by atoms with Crippen LogP contribution < -0.4 is 0 Å². The minimum absolute atomic E-state index is 0.281. The predicted octanol–water partition coefficient (Wildman–Crippen LogP) is 1.60. The Morgan fingerprint density at radius 1 is 1.19 bits per heavy atom. The molecule has 1 saturated heterocycles. The molecule has 1 aromatic rings. The maximum atomic E-state index is 12.5. The quantitative estimate of drug-likeness (QED) is 0.847. The lowest BCUT2D eigenvalue weighted by Gasteiger charge is -2.36. The van der Waals surface area contributed by atoms with Gasteiger partial charge in [-0.05, 0) is 19.8 Å². The second-order valence-corrected chi connectivity index (χ2v) is 6.17. The third kappa shape index (κ3) is 3.61. The largest absolute Gasteiger partial charge is 0.340 e. The van der Waals surface area contributed by atoms with Gasteiger partial charge >= 0.3 is 0 Å². The molecule has 2 aliphatic rings. The van der Waals surface area contributed by atoms with Crippen molar-refractivity contribution in [2.45, 2.75) is 45.6 Å². The molecule has 6 heteroatoms. The van der Waals surface area contributed by atoms with E-state index in [1.807, 2.05) is 11.8 Å². The van der Waals surface area contributed by atoms with Crippen LogP contribution in [0, 0.1) is 12.8 Å². The molecule has 3 rings (SSSR count). The van der Waals surface area contributed by atoms with E-state index in [-0.39, 0.29) is 5.92 Å². The maximum absolute atomic E-state index is 12.5. The van der Waals surface area contributed by atoms with Crippen molar-refractivity contribution in [3.05, 3.63) is 11.7 Å². The Kier molecular flexibility index (Phi) is 4.53. The summed E-state index contributed by atoms with van der Waals surface area (Å²) in [6.07, 6.45) is 5.89. The van der Waals surface area contributed by atoms with E-state index in [2.05, 4.69) is 15.0 Å². The number of hydrogen-bond acceptors (Lipinski definition) is 5. The van der Waals surface area contributed by atoms with Gasteiger partial charge in [-0.15, -0.1) is 0 Å². The molecule has 0 aromatic carbocycles. The molecule has 0 unspecified atom stereocenters. The molecule has 1 saturated carbocycles. The Morgan fingerprint density at radius 3 is 2.52 bits per heavy atom. The summed E-state index contributed by atoms with van der Waals surface area (Å²) in [5, 5.41) is 3.81. The van der Waals surface area contributed by atoms with E-state index in [4.69, 9.17) is 4.52 Å². The van der Waals surface area contributed by atoms with E-state index in [9.17, 15) is 4.79 Å². The Hall–Kier alpha value is -1.43. The van der Waals surface area contributed by atoms with E-state index in [1.54, 1.807) is 0 Å². The summed E-state index contributed by atoms with van der Waals surface area (Å²) < 4.78 is 5.15. The minimum atomic E-state index is 0.281. The Labute approximate surface area is 125 Å². The second-order valence-electron chi connectivity index (χ2n) is 6.17. The van der Waals surface area contributed by atoms with Crippen molar-refractivity contribution < 1.29 is 9.32 Å². The highest BCUT2D eigenvalue weighted by Crippen LogP contribution is 2.25. The van der Waals surface area contributed by atoms with Crippen molar-refractivity contribution in [2.24, 2.45) is 5.92 Å². The standard InChI is InChI=1S/C15H24N4O2/c1-12-16-14(21-17-12)11-18-7-9-19(10-8-18)15(20)13-5-3-2-4-6-13/h13H,2-11H2,1H3. The van der Waals surface area contributed by atoms with Gasteiger partial charge in [0, 0.05) is 32.1 Å². The van der Waals surface area contributed by atoms with Crippen LogP contribution in [0.1, 0.15) is 43.8 Å². The monoisotopic (exact) mass is 292 g/mol. The molecule has 1 aliphatic carbocycles. The molecule has 0 radical (unpaired) electrons. The SMILES string of the molecule is Cc1noc(CN2CCN(C(=O)C3CCCCC3)CC2)n1. The maximum Gasteiger partial charge on any atom is 0.240 e. The molecule has 2 fully saturated rings. The molecule has 0 N–H and O–H groups in total. The summed E-state index contributed by atoms with van der Waals surface area (Å²) in [5.41, 5.74) is 0. The zero-order chi connectivity index (χ0) is 14.7. The van der Waals surface area contributed by atoms with Gasteiger partial charge in [0.25, 0.3) is 0 Å². The number of piperazine rings is 1. The highest BCUT2D eigenvalue weighted by atomic mass is 16.5. The lowest BCUT2D eigenvalue weighted by atomic mass is 9.88. The lowest BCUT2D eigenvalue weighted by molar-refractivity contribution is -0.138. The molecule has 116 valence electrons. The van der Waals surface area contributed by atoms with Crippen LogP contribution in [-0.4, -0.2) is 52.0 Å². The average Bonchev–Trinajstić information content (AvgIpc) is 2.93. The molecule has 21 heavy (non-hydrogen) atoms. The third-order valence-electron chi connectivity index (χ3n) is 4.57. The molecule has 2 heterocycles. The number of amides is 1. The normalized spacial score (nSPS) is 21.7. The summed E-state index contributed by atoms with van der Waals surface area (Å²) in [5.74, 6) is 2.00. The van der Waals surface area contributed by atoms with Crippen LogP contribution in [0.3, 0.4) is 0 Å². The number of nitrogens with zero attached hydrogens (tertiary/aromatic N) is 4. The number of aryl methyl sites for hydroxylation is 1. The van der Waals surface area contributed by atoms with Crippen LogP contribution in [0.4, 0.5) is 0 Å². The smallest absolute Gasteiger partial charge is 0.240 e. The zero-order valence-electron chi connectivity index (χ0n) is 12.8. The van der Waals surface area contributed by atoms with E-state index >= 15 is 0 Å². The van der Waals surface area contributed by atoms with Gasteiger partial charge in [-0.25, -0.2) is 0 Å². The number of aromatic nitrogens is 2. The molecular formula is C15H24N4O2. The van der Waals surface area contributed by atoms with Crippen LogP contribution in [0.2, 0.25) is 0 Å². The summed E-state index contributed by atoms with van der Waals surface area (Å²) in [7, 11) is 0. The van der Waals surface area contributed by atoms with Gasteiger partial charge in [-0.1, -0.05) is 24.4 Å². The first kappa shape index (κ1) is 14.5. The molecule has 1 aromatic heterocycles. The van der Waals surface area contributed by atoms with Crippen molar-refractivity contribution in [3.8, 4) is 0 Å². The second kappa shape index (κ2) is 6.56. The molecular weight excluding hydrogens is 268 g/mol. The van der Waals surface area contributed by atoms with Crippen LogP contribution >= 0.6 is 0 Å². The molecule has 1 amide bonds. The first-order valence-corrected chi connectivity index (χ1v) is 8.03. The van der Waals surface area contributed by atoms with Gasteiger partial charge in [0.05, 0.1) is 6.54 Å².